The van der Waals surface area contributed by atoms with Crippen LogP contribution in [0.25, 0.3) is 5.78 Å². The van der Waals surface area contributed by atoms with Gasteiger partial charge >= 0.3 is 5.97 Å². The molecular formula is C11H10ClN3O2. The van der Waals surface area contributed by atoms with Crippen molar-refractivity contribution in [1.29, 1.82) is 0 Å². The molecule has 0 radical (unpaired) electrons. The van der Waals surface area contributed by atoms with E-state index >= 15 is 0 Å². The first kappa shape index (κ1) is 10.5. The van der Waals surface area contributed by atoms with Crippen LogP contribution in [-0.4, -0.2) is 25.4 Å². The second-order valence-corrected chi connectivity index (χ2v) is 4.66. The average molecular weight is 252 g/mol. The molecule has 88 valence electrons. The molecule has 1 unspecified atom stereocenters. The molecule has 0 saturated carbocycles. The first-order valence-corrected chi connectivity index (χ1v) is 5.77. The Labute approximate surface area is 102 Å². The molecule has 0 fully saturated rings. The highest BCUT2D eigenvalue weighted by molar-refractivity contribution is 6.30. The van der Waals surface area contributed by atoms with Crippen LogP contribution in [0, 0.1) is 5.92 Å². The quantitative estimate of drug-likeness (QED) is 0.835. The topological polar surface area (TPSA) is 67.5 Å². The number of nitrogens with zero attached hydrogens (tertiary/aromatic N) is 3. The van der Waals surface area contributed by atoms with Gasteiger partial charge in [-0.25, -0.2) is 9.97 Å². The van der Waals surface area contributed by atoms with E-state index in [4.69, 9.17) is 16.7 Å². The van der Waals surface area contributed by atoms with Gasteiger partial charge in [0.2, 0.25) is 5.78 Å². The van der Waals surface area contributed by atoms with E-state index in [2.05, 4.69) is 9.97 Å². The summed E-state index contributed by atoms with van der Waals surface area (Å²) in [5.41, 5.74) is 1.87. The summed E-state index contributed by atoms with van der Waals surface area (Å²) in [7, 11) is 0. The number of carboxylic acids is 1. The standard InChI is InChI=1S/C11H10ClN3O2/c12-7-4-13-11-14-8-2-1-6(10(16)17)3-9(8)15(11)5-7/h4-6H,1-3H2,(H,16,17). The lowest BCUT2D eigenvalue weighted by molar-refractivity contribution is -0.142. The largest absolute Gasteiger partial charge is 0.481 e. The summed E-state index contributed by atoms with van der Waals surface area (Å²) in [4.78, 5) is 19.5. The second kappa shape index (κ2) is 3.70. The molecule has 2 aromatic heterocycles. The zero-order valence-corrected chi connectivity index (χ0v) is 9.68. The molecule has 1 aliphatic carbocycles. The van der Waals surface area contributed by atoms with Crippen molar-refractivity contribution in [3.63, 3.8) is 0 Å². The van der Waals surface area contributed by atoms with Crippen LogP contribution in [0.1, 0.15) is 17.8 Å². The highest BCUT2D eigenvalue weighted by atomic mass is 35.5. The number of aryl methyl sites for hydroxylation is 1. The molecule has 2 aromatic rings. The molecule has 17 heavy (non-hydrogen) atoms. The SMILES string of the molecule is O=C(O)C1CCc2nc3ncc(Cl)cn3c2C1. The predicted octanol–water partition coefficient (Wildman–Crippen LogP) is 1.57. The van der Waals surface area contributed by atoms with Gasteiger partial charge in [-0.15, -0.1) is 0 Å². The molecule has 2 heterocycles. The van der Waals surface area contributed by atoms with Gasteiger partial charge in [0, 0.05) is 18.3 Å². The van der Waals surface area contributed by atoms with Gasteiger partial charge in [0.1, 0.15) is 0 Å². The highest BCUT2D eigenvalue weighted by Crippen LogP contribution is 2.26. The fourth-order valence-electron chi connectivity index (χ4n) is 2.28. The monoisotopic (exact) mass is 251 g/mol. The average Bonchev–Trinajstić information content (AvgIpc) is 2.66. The summed E-state index contributed by atoms with van der Waals surface area (Å²) in [5, 5.41) is 9.58. The Morgan fingerprint density at radius 3 is 3.18 bits per heavy atom. The second-order valence-electron chi connectivity index (χ2n) is 4.23. The van der Waals surface area contributed by atoms with Crippen molar-refractivity contribution < 1.29 is 9.90 Å². The predicted molar refractivity (Wildman–Crippen MR) is 61.1 cm³/mol. The van der Waals surface area contributed by atoms with Gasteiger partial charge in [-0.3, -0.25) is 9.20 Å². The Kier molecular flexibility index (Phi) is 2.29. The zero-order valence-electron chi connectivity index (χ0n) is 8.93. The molecule has 0 aromatic carbocycles. The first-order valence-electron chi connectivity index (χ1n) is 5.39. The Hall–Kier alpha value is -1.62. The van der Waals surface area contributed by atoms with Crippen LogP contribution >= 0.6 is 11.6 Å². The van der Waals surface area contributed by atoms with Gasteiger partial charge in [0.15, 0.2) is 0 Å². The van der Waals surface area contributed by atoms with Gasteiger partial charge in [0.25, 0.3) is 0 Å². The third-order valence-corrected chi connectivity index (χ3v) is 3.34. The molecule has 1 atom stereocenters. The minimum atomic E-state index is -0.749. The van der Waals surface area contributed by atoms with Crippen LogP contribution in [0.5, 0.6) is 0 Å². The van der Waals surface area contributed by atoms with Crippen LogP contribution < -0.4 is 0 Å². The number of hydrogen-bond donors (Lipinski definition) is 1. The molecule has 1 aliphatic rings. The van der Waals surface area contributed by atoms with E-state index in [9.17, 15) is 4.79 Å². The lowest BCUT2D eigenvalue weighted by atomic mass is 9.90. The summed E-state index contributed by atoms with van der Waals surface area (Å²) in [6, 6.07) is 0. The number of hydrogen-bond acceptors (Lipinski definition) is 3. The summed E-state index contributed by atoms with van der Waals surface area (Å²) in [5.74, 6) is -0.493. The Morgan fingerprint density at radius 1 is 1.59 bits per heavy atom. The van der Waals surface area contributed by atoms with Gasteiger partial charge in [-0.05, 0) is 12.8 Å². The molecule has 5 nitrogen and oxygen atoms in total. The van der Waals surface area contributed by atoms with Crippen molar-refractivity contribution >= 4 is 23.3 Å². The zero-order chi connectivity index (χ0) is 12.0. The number of carbonyl (C=O) groups is 1. The van der Waals surface area contributed by atoms with E-state index in [0.29, 0.717) is 30.1 Å². The molecular weight excluding hydrogens is 242 g/mol. The number of aromatic nitrogens is 3. The Balaban J connectivity index is 2.13. The summed E-state index contributed by atoms with van der Waals surface area (Å²) in [6.07, 6.45) is 5.10. The number of imidazole rings is 1. The van der Waals surface area contributed by atoms with Gasteiger partial charge in [-0.1, -0.05) is 11.6 Å². The van der Waals surface area contributed by atoms with E-state index in [1.807, 2.05) is 0 Å². The van der Waals surface area contributed by atoms with Crippen LogP contribution in [0.3, 0.4) is 0 Å². The van der Waals surface area contributed by atoms with E-state index in [-0.39, 0.29) is 5.92 Å². The maximum Gasteiger partial charge on any atom is 0.306 e. The van der Waals surface area contributed by atoms with Crippen LogP contribution in [0.15, 0.2) is 12.4 Å². The van der Waals surface area contributed by atoms with Crippen molar-refractivity contribution in [1.82, 2.24) is 14.4 Å². The highest BCUT2D eigenvalue weighted by Gasteiger charge is 2.27. The molecule has 0 aliphatic heterocycles. The maximum absolute atomic E-state index is 11.0. The maximum atomic E-state index is 11.0. The van der Waals surface area contributed by atoms with E-state index in [1.54, 1.807) is 16.8 Å². The molecule has 6 heteroatoms. The summed E-state index contributed by atoms with van der Waals surface area (Å²) < 4.78 is 1.80. The van der Waals surface area contributed by atoms with Crippen molar-refractivity contribution in [2.75, 3.05) is 0 Å². The number of fused-ring (bicyclic) bond motifs is 3. The van der Waals surface area contributed by atoms with Crippen LogP contribution in [-0.2, 0) is 17.6 Å². The van der Waals surface area contributed by atoms with E-state index in [0.717, 1.165) is 11.4 Å². The first-order chi connectivity index (χ1) is 8.15. The molecule has 3 rings (SSSR count). The van der Waals surface area contributed by atoms with Gasteiger partial charge < -0.3 is 5.11 Å². The fourth-order valence-corrected chi connectivity index (χ4v) is 2.42. The Morgan fingerprint density at radius 2 is 2.41 bits per heavy atom. The number of rotatable bonds is 1. The molecule has 0 amide bonds. The normalized spacial score (nSPS) is 19.2. The summed E-state index contributed by atoms with van der Waals surface area (Å²) in [6.45, 7) is 0. The number of halogens is 1. The van der Waals surface area contributed by atoms with Crippen molar-refractivity contribution in [3.05, 3.63) is 28.8 Å². The van der Waals surface area contributed by atoms with Crippen molar-refractivity contribution in [2.45, 2.75) is 19.3 Å². The lowest BCUT2D eigenvalue weighted by Gasteiger charge is -2.17. The minimum Gasteiger partial charge on any atom is -0.481 e. The minimum absolute atomic E-state index is 0.332. The number of aliphatic carboxylic acids is 1. The van der Waals surface area contributed by atoms with Crippen molar-refractivity contribution in [2.24, 2.45) is 5.92 Å². The fraction of sp³-hybridized carbons (Fsp3) is 0.364. The van der Waals surface area contributed by atoms with E-state index in [1.165, 1.54) is 0 Å². The molecule has 0 bridgehead atoms. The van der Waals surface area contributed by atoms with Gasteiger partial charge in [0.05, 0.1) is 22.8 Å². The smallest absolute Gasteiger partial charge is 0.306 e. The summed E-state index contributed by atoms with van der Waals surface area (Å²) >= 11 is 5.89. The van der Waals surface area contributed by atoms with Crippen molar-refractivity contribution in [3.8, 4) is 0 Å². The molecule has 0 spiro atoms. The molecule has 1 N–H and O–H groups in total. The lowest BCUT2D eigenvalue weighted by Crippen LogP contribution is -2.22. The Bertz CT molecular complexity index is 608. The van der Waals surface area contributed by atoms with Crippen LogP contribution in [0.4, 0.5) is 0 Å². The third-order valence-electron chi connectivity index (χ3n) is 3.15. The molecule has 0 saturated heterocycles. The number of carboxylic acid groups (broad SMARTS) is 1. The van der Waals surface area contributed by atoms with Crippen LogP contribution in [0.2, 0.25) is 5.02 Å². The van der Waals surface area contributed by atoms with Gasteiger partial charge in [-0.2, -0.15) is 0 Å². The van der Waals surface area contributed by atoms with E-state index < -0.39 is 5.97 Å². The third kappa shape index (κ3) is 1.67.